The third-order valence-corrected chi connectivity index (χ3v) is 4.55. The first-order valence-corrected chi connectivity index (χ1v) is 7.98. The Kier molecular flexibility index (Phi) is 5.57. The molecular formula is C16H14Cl2O2S. The van der Waals surface area contributed by atoms with Crippen LogP contribution in [-0.2, 0) is 11.2 Å². The Morgan fingerprint density at radius 1 is 1.14 bits per heavy atom. The summed E-state index contributed by atoms with van der Waals surface area (Å²) in [6.45, 7) is 2.00. The Morgan fingerprint density at radius 3 is 2.24 bits per heavy atom. The van der Waals surface area contributed by atoms with Crippen molar-refractivity contribution in [1.82, 2.24) is 0 Å². The number of hydrogen-bond donors (Lipinski definition) is 1. The molecule has 2 aromatic carbocycles. The highest BCUT2D eigenvalue weighted by atomic mass is 35.5. The summed E-state index contributed by atoms with van der Waals surface area (Å²) in [4.78, 5) is 12.4. The highest BCUT2D eigenvalue weighted by Crippen LogP contribution is 2.28. The lowest BCUT2D eigenvalue weighted by Gasteiger charge is -2.13. The van der Waals surface area contributed by atoms with Gasteiger partial charge in [-0.25, -0.2) is 0 Å². The van der Waals surface area contributed by atoms with Crippen LogP contribution in [0.3, 0.4) is 0 Å². The van der Waals surface area contributed by atoms with Gasteiger partial charge in [-0.15, -0.1) is 11.8 Å². The van der Waals surface area contributed by atoms with E-state index in [-0.39, 0.29) is 0 Å². The molecule has 0 amide bonds. The smallest absolute Gasteiger partial charge is 0.317 e. The van der Waals surface area contributed by atoms with Gasteiger partial charge in [-0.1, -0.05) is 40.9 Å². The maximum Gasteiger partial charge on any atom is 0.317 e. The van der Waals surface area contributed by atoms with E-state index in [1.54, 1.807) is 18.2 Å². The number of aliphatic carboxylic acids is 1. The molecule has 0 aromatic heterocycles. The summed E-state index contributed by atoms with van der Waals surface area (Å²) in [5, 5.41) is 9.85. The molecule has 2 aromatic rings. The average Bonchev–Trinajstić information content (AvgIpc) is 2.39. The lowest BCUT2D eigenvalue weighted by Crippen LogP contribution is -2.19. The second-order valence-electron chi connectivity index (χ2n) is 4.74. The summed E-state index contributed by atoms with van der Waals surface area (Å²) in [7, 11) is 0. The fourth-order valence-corrected chi connectivity index (χ4v) is 3.47. The van der Waals surface area contributed by atoms with Crippen LogP contribution in [0.25, 0.3) is 0 Å². The van der Waals surface area contributed by atoms with Gasteiger partial charge in [-0.05, 0) is 49.2 Å². The zero-order chi connectivity index (χ0) is 15.4. The van der Waals surface area contributed by atoms with Crippen LogP contribution in [-0.4, -0.2) is 16.3 Å². The summed E-state index contributed by atoms with van der Waals surface area (Å²) >= 11 is 13.2. The van der Waals surface area contributed by atoms with Gasteiger partial charge in [0.25, 0.3) is 0 Å². The number of aryl methyl sites for hydroxylation is 1. The molecule has 1 atom stereocenters. The average molecular weight is 341 g/mol. The van der Waals surface area contributed by atoms with Crippen molar-refractivity contribution in [3.05, 3.63) is 63.6 Å². The monoisotopic (exact) mass is 340 g/mol. The molecule has 110 valence electrons. The minimum atomic E-state index is -0.850. The minimum Gasteiger partial charge on any atom is -0.480 e. The van der Waals surface area contributed by atoms with Crippen molar-refractivity contribution in [3.8, 4) is 0 Å². The van der Waals surface area contributed by atoms with Gasteiger partial charge in [0, 0.05) is 14.9 Å². The molecule has 0 saturated heterocycles. The van der Waals surface area contributed by atoms with Crippen molar-refractivity contribution >= 4 is 40.9 Å². The summed E-state index contributed by atoms with van der Waals surface area (Å²) in [5.41, 5.74) is 1.97. The molecule has 0 aliphatic rings. The molecule has 0 fully saturated rings. The number of carbonyl (C=O) groups is 1. The quantitative estimate of drug-likeness (QED) is 0.770. The minimum absolute atomic E-state index is 0.369. The third-order valence-electron chi connectivity index (χ3n) is 2.92. The third kappa shape index (κ3) is 4.95. The van der Waals surface area contributed by atoms with Crippen molar-refractivity contribution in [2.45, 2.75) is 23.5 Å². The van der Waals surface area contributed by atoms with Crippen LogP contribution in [0.15, 0.2) is 47.4 Å². The molecule has 0 spiro atoms. The second kappa shape index (κ2) is 7.21. The van der Waals surface area contributed by atoms with E-state index in [1.165, 1.54) is 11.8 Å². The van der Waals surface area contributed by atoms with Crippen LogP contribution in [0.1, 0.15) is 11.1 Å². The Hall–Kier alpha value is -1.16. The van der Waals surface area contributed by atoms with Crippen LogP contribution < -0.4 is 0 Å². The number of halogens is 2. The predicted octanol–water partition coefficient (Wildman–Crippen LogP) is 5.09. The van der Waals surface area contributed by atoms with Crippen molar-refractivity contribution in [1.29, 1.82) is 0 Å². The Bertz CT molecular complexity index is 621. The van der Waals surface area contributed by atoms with Crippen LogP contribution in [0.5, 0.6) is 0 Å². The van der Waals surface area contributed by atoms with E-state index in [0.717, 1.165) is 16.0 Å². The van der Waals surface area contributed by atoms with Crippen LogP contribution >= 0.6 is 35.0 Å². The summed E-state index contributed by atoms with van der Waals surface area (Å²) in [6.07, 6.45) is 0.369. The van der Waals surface area contributed by atoms with Gasteiger partial charge in [0.15, 0.2) is 0 Å². The summed E-state index contributed by atoms with van der Waals surface area (Å²) in [5.74, 6) is -0.850. The van der Waals surface area contributed by atoms with Gasteiger partial charge >= 0.3 is 5.97 Å². The van der Waals surface area contributed by atoms with E-state index in [0.29, 0.717) is 16.5 Å². The maximum atomic E-state index is 11.5. The van der Waals surface area contributed by atoms with Crippen LogP contribution in [0, 0.1) is 6.92 Å². The fraction of sp³-hybridized carbons (Fsp3) is 0.188. The normalized spacial score (nSPS) is 12.1. The molecule has 0 saturated carbocycles. The largest absolute Gasteiger partial charge is 0.480 e. The van der Waals surface area contributed by atoms with E-state index in [2.05, 4.69) is 0 Å². The van der Waals surface area contributed by atoms with E-state index in [1.807, 2.05) is 31.2 Å². The number of hydrogen-bond acceptors (Lipinski definition) is 2. The number of carboxylic acid groups (broad SMARTS) is 1. The Morgan fingerprint density at radius 2 is 1.71 bits per heavy atom. The number of carboxylic acids is 1. The molecule has 2 rings (SSSR count). The van der Waals surface area contributed by atoms with Crippen molar-refractivity contribution in [2.75, 3.05) is 0 Å². The van der Waals surface area contributed by atoms with Gasteiger partial charge in [-0.2, -0.15) is 0 Å². The molecular weight excluding hydrogens is 327 g/mol. The van der Waals surface area contributed by atoms with Crippen molar-refractivity contribution in [3.63, 3.8) is 0 Å². The van der Waals surface area contributed by atoms with E-state index >= 15 is 0 Å². The molecule has 1 N–H and O–H groups in total. The first kappa shape index (κ1) is 16.2. The molecule has 5 heteroatoms. The van der Waals surface area contributed by atoms with Gasteiger partial charge in [0.1, 0.15) is 5.25 Å². The molecule has 0 heterocycles. The summed E-state index contributed by atoms with van der Waals surface area (Å²) < 4.78 is 0. The molecule has 0 bridgehead atoms. The molecule has 0 radical (unpaired) electrons. The fourth-order valence-electron chi connectivity index (χ4n) is 1.90. The molecule has 0 unspecified atom stereocenters. The Balaban J connectivity index is 2.15. The SMILES string of the molecule is Cc1ccc(S[C@@H](Cc2cc(Cl)cc(Cl)c2)C(=O)O)cc1. The first-order chi connectivity index (χ1) is 9.94. The van der Waals surface area contributed by atoms with Gasteiger partial charge in [-0.3, -0.25) is 4.79 Å². The first-order valence-electron chi connectivity index (χ1n) is 6.35. The van der Waals surface area contributed by atoms with Crippen LogP contribution in [0.2, 0.25) is 10.0 Å². The number of rotatable bonds is 5. The predicted molar refractivity (Wildman–Crippen MR) is 88.6 cm³/mol. The topological polar surface area (TPSA) is 37.3 Å². The van der Waals surface area contributed by atoms with E-state index in [4.69, 9.17) is 23.2 Å². The zero-order valence-electron chi connectivity index (χ0n) is 11.3. The highest BCUT2D eigenvalue weighted by molar-refractivity contribution is 8.00. The Labute approximate surface area is 138 Å². The van der Waals surface area contributed by atoms with E-state index in [9.17, 15) is 9.90 Å². The van der Waals surface area contributed by atoms with Crippen molar-refractivity contribution < 1.29 is 9.90 Å². The van der Waals surface area contributed by atoms with Crippen LogP contribution in [0.4, 0.5) is 0 Å². The molecule has 0 aliphatic carbocycles. The zero-order valence-corrected chi connectivity index (χ0v) is 13.7. The standard InChI is InChI=1S/C16H14Cl2O2S/c1-10-2-4-14(5-3-10)21-15(16(19)20)8-11-6-12(17)9-13(18)7-11/h2-7,9,15H,8H2,1H3,(H,19,20)/t15-/m0/s1. The van der Waals surface area contributed by atoms with Gasteiger partial charge < -0.3 is 5.11 Å². The lowest BCUT2D eigenvalue weighted by atomic mass is 10.1. The lowest BCUT2D eigenvalue weighted by molar-refractivity contribution is -0.136. The van der Waals surface area contributed by atoms with Gasteiger partial charge in [0.2, 0.25) is 0 Å². The molecule has 21 heavy (non-hydrogen) atoms. The van der Waals surface area contributed by atoms with Gasteiger partial charge in [0.05, 0.1) is 0 Å². The highest BCUT2D eigenvalue weighted by Gasteiger charge is 2.20. The summed E-state index contributed by atoms with van der Waals surface area (Å²) in [6, 6.07) is 12.9. The maximum absolute atomic E-state index is 11.5. The van der Waals surface area contributed by atoms with E-state index < -0.39 is 11.2 Å². The molecule has 2 nitrogen and oxygen atoms in total. The second-order valence-corrected chi connectivity index (χ2v) is 6.89. The number of benzene rings is 2. The molecule has 0 aliphatic heterocycles. The number of thioether (sulfide) groups is 1. The van der Waals surface area contributed by atoms with Crippen molar-refractivity contribution in [2.24, 2.45) is 0 Å².